The van der Waals surface area contributed by atoms with Crippen molar-refractivity contribution in [2.24, 2.45) is 0 Å². The second-order valence-electron chi connectivity index (χ2n) is 11.8. The van der Waals surface area contributed by atoms with Crippen LogP contribution in [0.4, 0.5) is 0 Å². The number of unbranched alkanes of at least 4 members (excludes halogenated alkanes) is 1. The number of carboxylic acids is 4. The van der Waals surface area contributed by atoms with E-state index in [9.17, 15) is 54.9 Å². The van der Waals surface area contributed by atoms with Gasteiger partial charge < -0.3 is 40.5 Å². The second-order valence-corrected chi connectivity index (χ2v) is 11.8. The normalized spacial score (nSPS) is 18.9. The summed E-state index contributed by atoms with van der Waals surface area (Å²) in [4.78, 5) is 54.6. The number of aliphatic hydroxyl groups is 3. The molecule has 0 radical (unpaired) electrons. The Balaban J connectivity index is 2.36. The molecule has 1 aliphatic rings. The Hall–Kier alpha value is -3.38. The minimum atomic E-state index is -1.37. The average molecular weight is 685 g/mol. The number of benzene rings is 1. The summed E-state index contributed by atoms with van der Waals surface area (Å²) < 4.78 is 5.79. The molecule has 1 unspecified atom stereocenters. The molecule has 1 aromatic rings. The standard InChI is InChI=1S/C32H52N4O12/c1-2-3-18-48-24-8-4-6-23(19-24)7-5-9-25(29(40)41)33-10-12-34(26(20-37)30(42)43)14-16-36(28(22-39)32(46)47)17-15-35(13-11-33)27(21-38)31(44)45/h4,6,8,19,25-28,37-39H,2-3,5,7,9-18,20-22H2,1H3,(H,40,41)(H,42,43)(H,44,45)(H,46,47)/t25-,26-,27?,28-/m0/s1. The molecule has 1 aromatic carbocycles. The van der Waals surface area contributed by atoms with Gasteiger partial charge in [0.15, 0.2) is 0 Å². The van der Waals surface area contributed by atoms with Crippen LogP contribution in [0, 0.1) is 0 Å². The highest BCUT2D eigenvalue weighted by Gasteiger charge is 2.34. The van der Waals surface area contributed by atoms with Crippen LogP contribution < -0.4 is 4.74 Å². The molecule has 1 saturated heterocycles. The molecule has 272 valence electrons. The van der Waals surface area contributed by atoms with Crippen molar-refractivity contribution in [2.75, 3.05) is 78.8 Å². The highest BCUT2D eigenvalue weighted by Crippen LogP contribution is 2.18. The summed E-state index contributed by atoms with van der Waals surface area (Å²) in [5.41, 5.74) is 0.978. The fourth-order valence-corrected chi connectivity index (χ4v) is 5.86. The monoisotopic (exact) mass is 684 g/mol. The lowest BCUT2D eigenvalue weighted by Gasteiger charge is -2.39. The number of carbonyl (C=O) groups is 4. The van der Waals surface area contributed by atoms with Gasteiger partial charge in [-0.1, -0.05) is 25.5 Å². The van der Waals surface area contributed by atoms with E-state index in [-0.39, 0.29) is 58.8 Å². The summed E-state index contributed by atoms with van der Waals surface area (Å²) in [6.45, 7) is 0.260. The van der Waals surface area contributed by atoms with E-state index >= 15 is 0 Å². The number of ether oxygens (including phenoxy) is 1. The van der Waals surface area contributed by atoms with Gasteiger partial charge in [0.2, 0.25) is 0 Å². The number of hydrogen-bond acceptors (Lipinski definition) is 12. The van der Waals surface area contributed by atoms with Crippen molar-refractivity contribution in [3.8, 4) is 5.75 Å². The number of nitrogens with zero attached hydrogens (tertiary/aromatic N) is 4. The molecule has 16 heteroatoms. The van der Waals surface area contributed by atoms with Crippen molar-refractivity contribution in [2.45, 2.75) is 63.2 Å². The van der Waals surface area contributed by atoms with E-state index in [1.165, 1.54) is 14.7 Å². The van der Waals surface area contributed by atoms with Crippen LogP contribution in [0.5, 0.6) is 5.75 Å². The first-order valence-corrected chi connectivity index (χ1v) is 16.4. The van der Waals surface area contributed by atoms with Crippen LogP contribution in [0.25, 0.3) is 0 Å². The zero-order chi connectivity index (χ0) is 35.6. The van der Waals surface area contributed by atoms with Crippen LogP contribution in [0.1, 0.15) is 38.2 Å². The molecule has 0 amide bonds. The van der Waals surface area contributed by atoms with Gasteiger partial charge in [-0.2, -0.15) is 0 Å². The van der Waals surface area contributed by atoms with E-state index in [0.29, 0.717) is 19.4 Å². The number of hydrogen-bond donors (Lipinski definition) is 7. The molecule has 16 nitrogen and oxygen atoms in total. The lowest BCUT2D eigenvalue weighted by molar-refractivity contribution is -0.149. The summed E-state index contributed by atoms with van der Waals surface area (Å²) >= 11 is 0. The van der Waals surface area contributed by atoms with Crippen molar-refractivity contribution in [3.05, 3.63) is 29.8 Å². The lowest BCUT2D eigenvalue weighted by Crippen LogP contribution is -2.57. The third-order valence-electron chi connectivity index (χ3n) is 8.73. The molecule has 2 rings (SSSR count). The van der Waals surface area contributed by atoms with Gasteiger partial charge >= 0.3 is 23.9 Å². The largest absolute Gasteiger partial charge is 0.494 e. The molecular formula is C32H52N4O12. The SMILES string of the molecule is CCCCOc1cccc(CCC[C@@H](C(=O)O)N2CCN(C(CO)C(=O)O)CCN([C@@H](CO)C(=O)O)CCN([C@@H](CO)C(=O)O)CC2)c1. The third kappa shape index (κ3) is 12.9. The van der Waals surface area contributed by atoms with Gasteiger partial charge in [-0.25, -0.2) is 0 Å². The zero-order valence-corrected chi connectivity index (χ0v) is 27.6. The third-order valence-corrected chi connectivity index (χ3v) is 8.73. The number of aliphatic hydroxyl groups excluding tert-OH is 3. The van der Waals surface area contributed by atoms with E-state index in [0.717, 1.165) is 24.2 Å². The van der Waals surface area contributed by atoms with Gasteiger partial charge in [0.05, 0.1) is 26.4 Å². The van der Waals surface area contributed by atoms with Crippen molar-refractivity contribution in [1.29, 1.82) is 0 Å². The Kier molecular flexibility index (Phi) is 18.3. The van der Waals surface area contributed by atoms with Gasteiger partial charge in [-0.3, -0.25) is 38.8 Å². The van der Waals surface area contributed by atoms with E-state index < -0.39 is 67.9 Å². The van der Waals surface area contributed by atoms with Gasteiger partial charge in [0.25, 0.3) is 0 Å². The highest BCUT2D eigenvalue weighted by molar-refractivity contribution is 5.75. The van der Waals surface area contributed by atoms with Crippen LogP contribution in [0.2, 0.25) is 0 Å². The lowest BCUT2D eigenvalue weighted by atomic mass is 10.0. The van der Waals surface area contributed by atoms with Crippen molar-refractivity contribution < 1.29 is 59.7 Å². The summed E-state index contributed by atoms with van der Waals surface area (Å²) in [6.07, 6.45) is 3.23. The van der Waals surface area contributed by atoms with Gasteiger partial charge in [0, 0.05) is 52.4 Å². The summed E-state index contributed by atoms with van der Waals surface area (Å²) in [7, 11) is 0. The summed E-state index contributed by atoms with van der Waals surface area (Å²) in [5.74, 6) is -4.32. The smallest absolute Gasteiger partial charge is 0.323 e. The van der Waals surface area contributed by atoms with Gasteiger partial charge in [0.1, 0.15) is 29.9 Å². The molecule has 7 N–H and O–H groups in total. The van der Waals surface area contributed by atoms with E-state index in [1.807, 2.05) is 24.3 Å². The molecular weight excluding hydrogens is 632 g/mol. The van der Waals surface area contributed by atoms with Crippen LogP contribution in [-0.4, -0.2) is 182 Å². The molecule has 1 fully saturated rings. The topological polar surface area (TPSA) is 232 Å². The van der Waals surface area contributed by atoms with Crippen LogP contribution in [0.3, 0.4) is 0 Å². The van der Waals surface area contributed by atoms with Crippen molar-refractivity contribution >= 4 is 23.9 Å². The molecule has 1 heterocycles. The Morgan fingerprint density at radius 3 is 1.40 bits per heavy atom. The van der Waals surface area contributed by atoms with Crippen LogP contribution >= 0.6 is 0 Å². The van der Waals surface area contributed by atoms with E-state index in [2.05, 4.69) is 6.92 Å². The zero-order valence-electron chi connectivity index (χ0n) is 27.6. The van der Waals surface area contributed by atoms with E-state index in [1.54, 1.807) is 4.90 Å². The number of aryl methyl sites for hydroxylation is 1. The quantitative estimate of drug-likeness (QED) is 0.0884. The minimum absolute atomic E-state index is 0.00842. The maximum atomic E-state index is 12.6. The van der Waals surface area contributed by atoms with Crippen LogP contribution in [-0.2, 0) is 25.6 Å². The molecule has 0 aromatic heterocycles. The second kappa shape index (κ2) is 21.6. The molecule has 0 saturated carbocycles. The predicted molar refractivity (Wildman–Crippen MR) is 173 cm³/mol. The number of aliphatic carboxylic acids is 4. The molecule has 4 atom stereocenters. The molecule has 0 spiro atoms. The van der Waals surface area contributed by atoms with Crippen LogP contribution in [0.15, 0.2) is 24.3 Å². The maximum absolute atomic E-state index is 12.6. The summed E-state index contributed by atoms with van der Waals surface area (Å²) in [5, 5.41) is 69.3. The Labute approximate surface area is 280 Å². The number of carboxylic acid groups (broad SMARTS) is 4. The maximum Gasteiger partial charge on any atom is 0.323 e. The van der Waals surface area contributed by atoms with Gasteiger partial charge in [-0.15, -0.1) is 0 Å². The first-order valence-electron chi connectivity index (χ1n) is 16.4. The fraction of sp³-hybridized carbons (Fsp3) is 0.688. The minimum Gasteiger partial charge on any atom is -0.494 e. The first kappa shape index (κ1) is 40.8. The van der Waals surface area contributed by atoms with Crippen molar-refractivity contribution in [1.82, 2.24) is 19.6 Å². The highest BCUT2D eigenvalue weighted by atomic mass is 16.5. The number of rotatable bonds is 19. The Morgan fingerprint density at radius 2 is 1.04 bits per heavy atom. The molecule has 0 bridgehead atoms. The molecule has 1 aliphatic heterocycles. The Bertz CT molecular complexity index is 1120. The molecule has 0 aliphatic carbocycles. The summed E-state index contributed by atoms with van der Waals surface area (Å²) in [6, 6.07) is 2.51. The average Bonchev–Trinajstić information content (AvgIpc) is 3.03. The van der Waals surface area contributed by atoms with Crippen molar-refractivity contribution in [3.63, 3.8) is 0 Å². The van der Waals surface area contributed by atoms with E-state index in [4.69, 9.17) is 4.74 Å². The first-order chi connectivity index (χ1) is 23.0. The predicted octanol–water partition coefficient (Wildman–Crippen LogP) is -0.800. The molecule has 48 heavy (non-hydrogen) atoms. The van der Waals surface area contributed by atoms with Gasteiger partial charge in [-0.05, 0) is 43.4 Å². The Morgan fingerprint density at radius 1 is 0.646 bits per heavy atom. The fourth-order valence-electron chi connectivity index (χ4n) is 5.86.